The first-order valence-electron chi connectivity index (χ1n) is 5.09. The van der Waals surface area contributed by atoms with Crippen LogP contribution in [0.25, 0.3) is 0 Å². The number of hydrogen-bond donors (Lipinski definition) is 0. The monoisotopic (exact) mass is 231 g/mol. The first-order valence-corrected chi connectivity index (χ1v) is 5.09. The molecule has 1 nitrogen and oxygen atoms in total. The molecule has 0 N–H and O–H groups in total. The van der Waals surface area contributed by atoms with Gasteiger partial charge in [0.05, 0.1) is 6.20 Å². The highest BCUT2D eigenvalue weighted by Crippen LogP contribution is 2.42. The number of nitrogens with zero attached hydrogens (tertiary/aromatic N) is 1. The van der Waals surface area contributed by atoms with Gasteiger partial charge < -0.3 is 0 Å². The van der Waals surface area contributed by atoms with Crippen LogP contribution in [0.15, 0.2) is 6.20 Å². The van der Waals surface area contributed by atoms with Gasteiger partial charge >= 0.3 is 0 Å². The Kier molecular flexibility index (Phi) is 3.05. The first kappa shape index (κ1) is 13.0. The standard InChI is InChI=1S/C12H16F3N/c1-11(2,3)12(4,5)8-7(13)6-16-10(15)9(8)14/h6H,1-5H3. The topological polar surface area (TPSA) is 12.9 Å². The molecule has 0 fully saturated rings. The third-order valence-electron chi connectivity index (χ3n) is 3.43. The zero-order valence-electron chi connectivity index (χ0n) is 10.2. The minimum atomic E-state index is -1.26. The maximum Gasteiger partial charge on any atom is 0.249 e. The van der Waals surface area contributed by atoms with Crippen molar-refractivity contribution in [2.24, 2.45) is 5.41 Å². The van der Waals surface area contributed by atoms with Crippen molar-refractivity contribution in [1.29, 1.82) is 0 Å². The van der Waals surface area contributed by atoms with Gasteiger partial charge in [-0.25, -0.2) is 13.8 Å². The van der Waals surface area contributed by atoms with Gasteiger partial charge in [-0.05, 0) is 5.41 Å². The largest absolute Gasteiger partial charge is 0.249 e. The normalized spacial score (nSPS) is 13.0. The maximum atomic E-state index is 13.6. The fourth-order valence-corrected chi connectivity index (χ4v) is 1.39. The zero-order valence-corrected chi connectivity index (χ0v) is 10.2. The molecule has 1 heterocycles. The molecule has 4 heteroatoms. The highest BCUT2D eigenvalue weighted by atomic mass is 19.2. The summed E-state index contributed by atoms with van der Waals surface area (Å²) in [6.45, 7) is 8.93. The van der Waals surface area contributed by atoms with Crippen molar-refractivity contribution in [2.75, 3.05) is 0 Å². The van der Waals surface area contributed by atoms with Gasteiger partial charge in [0, 0.05) is 11.0 Å². The molecule has 0 radical (unpaired) electrons. The Morgan fingerprint density at radius 2 is 1.50 bits per heavy atom. The Morgan fingerprint density at radius 3 is 1.94 bits per heavy atom. The number of rotatable bonds is 1. The molecule has 1 aromatic rings. The van der Waals surface area contributed by atoms with Crippen LogP contribution in [-0.2, 0) is 5.41 Å². The van der Waals surface area contributed by atoms with Gasteiger partial charge in [-0.3, -0.25) is 0 Å². The molecule has 1 aromatic heterocycles. The van der Waals surface area contributed by atoms with E-state index >= 15 is 0 Å². The maximum absolute atomic E-state index is 13.6. The quantitative estimate of drug-likeness (QED) is 0.669. The number of aromatic nitrogens is 1. The van der Waals surface area contributed by atoms with Gasteiger partial charge in [-0.2, -0.15) is 4.39 Å². The van der Waals surface area contributed by atoms with Crippen LogP contribution in [0, 0.1) is 23.0 Å². The predicted octanol–water partition coefficient (Wildman–Crippen LogP) is 3.82. The molecular formula is C12H16F3N. The van der Waals surface area contributed by atoms with Crippen molar-refractivity contribution in [3.05, 3.63) is 29.3 Å². The highest BCUT2D eigenvalue weighted by Gasteiger charge is 2.39. The molecule has 0 aliphatic carbocycles. The summed E-state index contributed by atoms with van der Waals surface area (Å²) in [5.41, 5.74) is -1.47. The van der Waals surface area contributed by atoms with Crippen molar-refractivity contribution in [3.63, 3.8) is 0 Å². The summed E-state index contributed by atoms with van der Waals surface area (Å²) in [5.74, 6) is -3.26. The van der Waals surface area contributed by atoms with E-state index < -0.39 is 28.4 Å². The van der Waals surface area contributed by atoms with Crippen molar-refractivity contribution in [3.8, 4) is 0 Å². The zero-order chi connectivity index (χ0) is 12.7. The van der Waals surface area contributed by atoms with Gasteiger partial charge in [-0.1, -0.05) is 34.6 Å². The summed E-state index contributed by atoms with van der Waals surface area (Å²) in [4.78, 5) is 3.02. The fraction of sp³-hybridized carbons (Fsp3) is 0.583. The molecule has 0 aliphatic rings. The number of halogens is 3. The Labute approximate surface area is 93.7 Å². The summed E-state index contributed by atoms with van der Waals surface area (Å²) in [7, 11) is 0. The first-order chi connectivity index (χ1) is 7.09. The lowest BCUT2D eigenvalue weighted by atomic mass is 9.65. The van der Waals surface area contributed by atoms with E-state index in [1.54, 1.807) is 13.8 Å². The lowest BCUT2D eigenvalue weighted by molar-refractivity contribution is 0.209. The lowest BCUT2D eigenvalue weighted by Crippen LogP contribution is -2.36. The van der Waals surface area contributed by atoms with E-state index in [-0.39, 0.29) is 5.56 Å². The summed E-state index contributed by atoms with van der Waals surface area (Å²) in [6, 6.07) is 0. The molecule has 0 amide bonds. The van der Waals surface area contributed by atoms with E-state index in [9.17, 15) is 13.2 Å². The summed E-state index contributed by atoms with van der Waals surface area (Å²) in [6.07, 6.45) is 0.723. The number of pyridine rings is 1. The molecule has 0 saturated heterocycles. The smallest absolute Gasteiger partial charge is 0.223 e. The Morgan fingerprint density at radius 1 is 1.00 bits per heavy atom. The van der Waals surface area contributed by atoms with E-state index in [4.69, 9.17) is 0 Å². The molecule has 0 spiro atoms. The van der Waals surface area contributed by atoms with Crippen LogP contribution >= 0.6 is 0 Å². The molecule has 16 heavy (non-hydrogen) atoms. The van der Waals surface area contributed by atoms with E-state index in [2.05, 4.69) is 4.98 Å². The molecule has 90 valence electrons. The second-order valence-corrected chi connectivity index (χ2v) is 5.46. The lowest BCUT2D eigenvalue weighted by Gasteiger charge is -2.39. The van der Waals surface area contributed by atoms with Crippen molar-refractivity contribution in [2.45, 2.75) is 40.0 Å². The minimum Gasteiger partial charge on any atom is -0.223 e. The SMILES string of the molecule is CC(C)(C)C(C)(C)c1c(F)cnc(F)c1F. The third-order valence-corrected chi connectivity index (χ3v) is 3.43. The van der Waals surface area contributed by atoms with Crippen LogP contribution in [-0.4, -0.2) is 4.98 Å². The Bertz CT molecular complexity index is 405. The minimum absolute atomic E-state index is 0.243. The number of hydrogen-bond acceptors (Lipinski definition) is 1. The second kappa shape index (κ2) is 3.75. The van der Waals surface area contributed by atoms with Crippen LogP contribution in [0.5, 0.6) is 0 Å². The van der Waals surface area contributed by atoms with Crippen molar-refractivity contribution >= 4 is 0 Å². The van der Waals surface area contributed by atoms with Gasteiger partial charge in [0.2, 0.25) is 5.95 Å². The Balaban J connectivity index is 3.50. The molecule has 0 saturated carbocycles. The van der Waals surface area contributed by atoms with Gasteiger partial charge in [0.25, 0.3) is 0 Å². The van der Waals surface area contributed by atoms with Crippen molar-refractivity contribution < 1.29 is 13.2 Å². The summed E-state index contributed by atoms with van der Waals surface area (Å²) in [5, 5.41) is 0. The van der Waals surface area contributed by atoms with Crippen LogP contribution < -0.4 is 0 Å². The summed E-state index contributed by atoms with van der Waals surface area (Å²) >= 11 is 0. The third kappa shape index (κ3) is 1.93. The average Bonchev–Trinajstić information content (AvgIpc) is 2.10. The molecule has 0 atom stereocenters. The van der Waals surface area contributed by atoms with E-state index in [0.717, 1.165) is 6.20 Å². The van der Waals surface area contributed by atoms with Crippen molar-refractivity contribution in [1.82, 2.24) is 4.98 Å². The molecule has 0 aliphatic heterocycles. The van der Waals surface area contributed by atoms with Crippen LogP contribution in [0.3, 0.4) is 0 Å². The predicted molar refractivity (Wildman–Crippen MR) is 56.6 cm³/mol. The van der Waals surface area contributed by atoms with Crippen LogP contribution in [0.1, 0.15) is 40.2 Å². The van der Waals surface area contributed by atoms with Gasteiger partial charge in [0.15, 0.2) is 5.82 Å². The molecule has 0 unspecified atom stereocenters. The van der Waals surface area contributed by atoms with Gasteiger partial charge in [0.1, 0.15) is 5.82 Å². The Hall–Kier alpha value is -1.06. The highest BCUT2D eigenvalue weighted by molar-refractivity contribution is 5.27. The fourth-order valence-electron chi connectivity index (χ4n) is 1.39. The molecule has 1 rings (SSSR count). The summed E-state index contributed by atoms with van der Waals surface area (Å²) < 4.78 is 40.2. The molecular weight excluding hydrogens is 215 g/mol. The van der Waals surface area contributed by atoms with Crippen LogP contribution in [0.2, 0.25) is 0 Å². The average molecular weight is 231 g/mol. The molecule has 0 aromatic carbocycles. The van der Waals surface area contributed by atoms with Crippen LogP contribution in [0.4, 0.5) is 13.2 Å². The van der Waals surface area contributed by atoms with E-state index in [0.29, 0.717) is 0 Å². The van der Waals surface area contributed by atoms with E-state index in [1.165, 1.54) is 0 Å². The van der Waals surface area contributed by atoms with E-state index in [1.807, 2.05) is 20.8 Å². The molecule has 0 bridgehead atoms. The van der Waals surface area contributed by atoms with Gasteiger partial charge in [-0.15, -0.1) is 0 Å². The second-order valence-electron chi connectivity index (χ2n) is 5.46.